The summed E-state index contributed by atoms with van der Waals surface area (Å²) >= 11 is 0. The highest BCUT2D eigenvalue weighted by Crippen LogP contribution is 2.35. The molecule has 1 N–H and O–H groups in total. The van der Waals surface area contributed by atoms with Crippen LogP contribution in [0.15, 0.2) is 17.0 Å². The van der Waals surface area contributed by atoms with Crippen LogP contribution in [0.1, 0.15) is 37.8 Å². The molecule has 8 nitrogen and oxygen atoms in total. The molecule has 0 aromatic heterocycles. The maximum atomic E-state index is 13.2. The molecule has 3 amide bonds. The summed E-state index contributed by atoms with van der Waals surface area (Å²) in [7, 11) is -2.33. The Hall–Kier alpha value is -2.13. The standard InChI is InChI=1S/C19H27N3O5S/c1-12(2)22-17(23)19(20-18(22)24)6-8-21(9-7-19)28(25,26)16-11-14(4)13(3)10-15(16)27-5/h10-12H,6-9H2,1-5H3,(H,20,24). The van der Waals surface area contributed by atoms with E-state index in [1.54, 1.807) is 26.0 Å². The molecular formula is C19H27N3O5S. The highest BCUT2D eigenvalue weighted by Gasteiger charge is 2.54. The molecule has 0 atom stereocenters. The summed E-state index contributed by atoms with van der Waals surface area (Å²) in [5.41, 5.74) is 0.792. The number of benzene rings is 1. The Balaban J connectivity index is 1.85. The molecular weight excluding hydrogens is 382 g/mol. The zero-order valence-electron chi connectivity index (χ0n) is 16.9. The molecule has 154 valence electrons. The van der Waals surface area contributed by atoms with E-state index in [0.29, 0.717) is 5.75 Å². The summed E-state index contributed by atoms with van der Waals surface area (Å²) in [5, 5.41) is 2.79. The number of piperidine rings is 1. The predicted octanol–water partition coefficient (Wildman–Crippen LogP) is 1.80. The van der Waals surface area contributed by atoms with Crippen molar-refractivity contribution in [2.75, 3.05) is 20.2 Å². The highest BCUT2D eigenvalue weighted by molar-refractivity contribution is 7.89. The van der Waals surface area contributed by atoms with Crippen molar-refractivity contribution in [2.45, 2.75) is 57.0 Å². The number of urea groups is 1. The largest absolute Gasteiger partial charge is 0.495 e. The summed E-state index contributed by atoms with van der Waals surface area (Å²) in [5.74, 6) is 0.0351. The van der Waals surface area contributed by atoms with Gasteiger partial charge in [-0.15, -0.1) is 0 Å². The van der Waals surface area contributed by atoms with Crippen molar-refractivity contribution in [1.29, 1.82) is 0 Å². The number of carbonyl (C=O) groups is 2. The number of rotatable bonds is 4. The third-order valence-electron chi connectivity index (χ3n) is 5.68. The van der Waals surface area contributed by atoms with Gasteiger partial charge < -0.3 is 10.1 Å². The predicted molar refractivity (Wildman–Crippen MR) is 104 cm³/mol. The molecule has 0 aliphatic carbocycles. The van der Waals surface area contributed by atoms with Crippen LogP contribution in [0.2, 0.25) is 0 Å². The Labute approximate surface area is 165 Å². The maximum Gasteiger partial charge on any atom is 0.325 e. The molecule has 2 heterocycles. The number of ether oxygens (including phenoxy) is 1. The highest BCUT2D eigenvalue weighted by atomic mass is 32.2. The molecule has 0 bridgehead atoms. The number of carbonyl (C=O) groups excluding carboxylic acids is 2. The molecule has 2 aliphatic rings. The lowest BCUT2D eigenvalue weighted by Gasteiger charge is -2.37. The molecule has 3 rings (SSSR count). The smallest absolute Gasteiger partial charge is 0.325 e. The quantitative estimate of drug-likeness (QED) is 0.765. The lowest BCUT2D eigenvalue weighted by atomic mass is 9.88. The van der Waals surface area contributed by atoms with Gasteiger partial charge in [0.15, 0.2) is 0 Å². The van der Waals surface area contributed by atoms with Gasteiger partial charge in [-0.1, -0.05) is 0 Å². The molecule has 2 saturated heterocycles. The van der Waals surface area contributed by atoms with Gasteiger partial charge in [-0.3, -0.25) is 9.69 Å². The summed E-state index contributed by atoms with van der Waals surface area (Å²) in [4.78, 5) is 26.3. The van der Waals surface area contributed by atoms with Crippen LogP contribution >= 0.6 is 0 Å². The molecule has 2 fully saturated rings. The topological polar surface area (TPSA) is 96.0 Å². The van der Waals surface area contributed by atoms with E-state index >= 15 is 0 Å². The van der Waals surface area contributed by atoms with Crippen molar-refractivity contribution in [3.05, 3.63) is 23.3 Å². The number of amides is 3. The zero-order chi connectivity index (χ0) is 20.9. The first-order valence-electron chi connectivity index (χ1n) is 9.35. The summed E-state index contributed by atoms with van der Waals surface area (Å²) in [6.45, 7) is 7.61. The van der Waals surface area contributed by atoms with Gasteiger partial charge in [-0.2, -0.15) is 4.31 Å². The Morgan fingerprint density at radius 2 is 1.68 bits per heavy atom. The Bertz CT molecular complexity index is 918. The monoisotopic (exact) mass is 409 g/mol. The minimum Gasteiger partial charge on any atom is -0.495 e. The van der Waals surface area contributed by atoms with Gasteiger partial charge in [0, 0.05) is 19.1 Å². The van der Waals surface area contributed by atoms with Crippen LogP contribution in [0.3, 0.4) is 0 Å². The van der Waals surface area contributed by atoms with Gasteiger partial charge >= 0.3 is 6.03 Å². The second-order valence-corrected chi connectivity index (χ2v) is 9.68. The summed E-state index contributed by atoms with van der Waals surface area (Å²) in [6.07, 6.45) is 0.486. The van der Waals surface area contributed by atoms with Crippen molar-refractivity contribution in [1.82, 2.24) is 14.5 Å². The first kappa shape index (κ1) is 20.6. The maximum absolute atomic E-state index is 13.2. The molecule has 28 heavy (non-hydrogen) atoms. The van der Waals surface area contributed by atoms with E-state index in [9.17, 15) is 18.0 Å². The number of nitrogens with zero attached hydrogens (tertiary/aromatic N) is 2. The molecule has 0 saturated carbocycles. The van der Waals surface area contributed by atoms with Gasteiger partial charge in [0.05, 0.1) is 7.11 Å². The van der Waals surface area contributed by atoms with Crippen molar-refractivity contribution in [2.24, 2.45) is 0 Å². The van der Waals surface area contributed by atoms with Crippen LogP contribution < -0.4 is 10.1 Å². The van der Waals surface area contributed by atoms with Crippen LogP contribution in [0.5, 0.6) is 5.75 Å². The van der Waals surface area contributed by atoms with E-state index in [4.69, 9.17) is 4.74 Å². The number of hydrogen-bond acceptors (Lipinski definition) is 5. The van der Waals surface area contributed by atoms with Crippen molar-refractivity contribution >= 4 is 22.0 Å². The number of methoxy groups -OCH3 is 1. The number of sulfonamides is 1. The van der Waals surface area contributed by atoms with E-state index in [0.717, 1.165) is 11.1 Å². The Morgan fingerprint density at radius 3 is 2.18 bits per heavy atom. The normalized spacial score (nSPS) is 20.1. The average molecular weight is 410 g/mol. The second-order valence-electron chi connectivity index (χ2n) is 7.77. The van der Waals surface area contributed by atoms with Crippen molar-refractivity contribution in [3.63, 3.8) is 0 Å². The Kier molecular flexibility index (Phi) is 5.18. The Morgan fingerprint density at radius 1 is 1.11 bits per heavy atom. The SMILES string of the molecule is COc1cc(C)c(C)cc1S(=O)(=O)N1CCC2(CC1)NC(=O)N(C(C)C)C2=O. The van der Waals surface area contributed by atoms with Gasteiger partial charge in [-0.25, -0.2) is 13.2 Å². The molecule has 0 radical (unpaired) electrons. The van der Waals surface area contributed by atoms with E-state index in [-0.39, 0.29) is 42.8 Å². The first-order valence-corrected chi connectivity index (χ1v) is 10.8. The summed E-state index contributed by atoms with van der Waals surface area (Å²) < 4.78 is 33.1. The van der Waals surface area contributed by atoms with Gasteiger partial charge in [0.1, 0.15) is 16.2 Å². The molecule has 1 aromatic carbocycles. The molecule has 2 aliphatic heterocycles. The van der Waals surface area contributed by atoms with E-state index in [2.05, 4.69) is 5.32 Å². The van der Waals surface area contributed by atoms with Gasteiger partial charge in [0.25, 0.3) is 5.91 Å². The first-order chi connectivity index (χ1) is 13.0. The van der Waals surface area contributed by atoms with Gasteiger partial charge in [-0.05, 0) is 63.8 Å². The lowest BCUT2D eigenvalue weighted by Crippen LogP contribution is -2.56. The second kappa shape index (κ2) is 7.04. The fourth-order valence-corrected chi connectivity index (χ4v) is 5.48. The third-order valence-corrected chi connectivity index (χ3v) is 7.60. The van der Waals surface area contributed by atoms with Crippen LogP contribution in [-0.2, 0) is 14.8 Å². The van der Waals surface area contributed by atoms with Crippen LogP contribution in [-0.4, -0.2) is 61.3 Å². The fraction of sp³-hybridized carbons (Fsp3) is 0.579. The number of imide groups is 1. The minimum absolute atomic E-state index is 0.125. The molecule has 1 spiro atoms. The molecule has 9 heteroatoms. The number of aryl methyl sites for hydroxylation is 2. The van der Waals surface area contributed by atoms with Crippen molar-refractivity contribution in [3.8, 4) is 5.75 Å². The molecule has 1 aromatic rings. The third kappa shape index (κ3) is 3.16. The van der Waals surface area contributed by atoms with E-state index in [1.807, 2.05) is 13.8 Å². The number of nitrogens with one attached hydrogen (secondary N) is 1. The van der Waals surface area contributed by atoms with Crippen LogP contribution in [0.25, 0.3) is 0 Å². The van der Waals surface area contributed by atoms with Crippen LogP contribution in [0, 0.1) is 13.8 Å². The van der Waals surface area contributed by atoms with E-state index < -0.39 is 21.6 Å². The van der Waals surface area contributed by atoms with E-state index in [1.165, 1.54) is 16.3 Å². The van der Waals surface area contributed by atoms with Gasteiger partial charge in [0.2, 0.25) is 10.0 Å². The average Bonchev–Trinajstić information content (AvgIpc) is 2.87. The summed E-state index contributed by atoms with van der Waals surface area (Å²) in [6, 6.07) is 2.69. The zero-order valence-corrected chi connectivity index (χ0v) is 17.7. The fourth-order valence-electron chi connectivity index (χ4n) is 3.82. The minimum atomic E-state index is -3.78. The lowest BCUT2D eigenvalue weighted by molar-refractivity contribution is -0.133. The number of hydrogen-bond donors (Lipinski definition) is 1. The van der Waals surface area contributed by atoms with Crippen LogP contribution in [0.4, 0.5) is 4.79 Å². The van der Waals surface area contributed by atoms with Crippen molar-refractivity contribution < 1.29 is 22.7 Å². The molecule has 0 unspecified atom stereocenters.